The Bertz CT molecular complexity index is 566. The van der Waals surface area contributed by atoms with Crippen molar-refractivity contribution in [2.24, 2.45) is 28.1 Å². The molecular formula is C20H29FO2. The summed E-state index contributed by atoms with van der Waals surface area (Å²) in [6.45, 7) is 6.41. The number of hydrogen-bond donors (Lipinski definition) is 1. The molecule has 0 aromatic heterocycles. The van der Waals surface area contributed by atoms with Gasteiger partial charge in [0.1, 0.15) is 0 Å². The lowest BCUT2D eigenvalue weighted by molar-refractivity contribution is -0.163. The molecule has 3 rings (SSSR count). The molecule has 3 heteroatoms. The van der Waals surface area contributed by atoms with Crippen LogP contribution in [-0.4, -0.2) is 11.1 Å². The standard InChI is InChI=1S/C20H29FO2/c1-18(11-12-21)10-7-15-14(13-18)5-6-16-19(15,2)8-4-9-20(16,3)17(22)23/h5,11-12,15-16H,4,6-10,13H2,1-3H3,(H,22,23)/t15-,16+,18+,19+,20+/m0/s1. The summed E-state index contributed by atoms with van der Waals surface area (Å²) in [4.78, 5) is 12.0. The third-order valence-electron chi connectivity index (χ3n) is 7.40. The third-order valence-corrected chi connectivity index (χ3v) is 7.40. The first-order valence-corrected chi connectivity index (χ1v) is 8.95. The first-order chi connectivity index (χ1) is 10.8. The smallest absolute Gasteiger partial charge is 0.309 e. The predicted octanol–water partition coefficient (Wildman–Crippen LogP) is 5.50. The van der Waals surface area contributed by atoms with Gasteiger partial charge < -0.3 is 5.11 Å². The Morgan fingerprint density at radius 2 is 2.04 bits per heavy atom. The van der Waals surface area contributed by atoms with Crippen LogP contribution >= 0.6 is 0 Å². The second-order valence-corrected chi connectivity index (χ2v) is 8.86. The van der Waals surface area contributed by atoms with Crippen molar-refractivity contribution in [1.82, 2.24) is 0 Å². The van der Waals surface area contributed by atoms with E-state index in [2.05, 4.69) is 19.9 Å². The summed E-state index contributed by atoms with van der Waals surface area (Å²) in [5, 5.41) is 9.83. The van der Waals surface area contributed by atoms with Crippen molar-refractivity contribution in [3.05, 3.63) is 24.1 Å². The Balaban J connectivity index is 1.95. The Morgan fingerprint density at radius 3 is 2.70 bits per heavy atom. The Hall–Kier alpha value is -1.12. The van der Waals surface area contributed by atoms with Crippen LogP contribution in [-0.2, 0) is 4.79 Å². The molecule has 0 aromatic carbocycles. The zero-order valence-electron chi connectivity index (χ0n) is 14.6. The van der Waals surface area contributed by atoms with E-state index >= 15 is 0 Å². The van der Waals surface area contributed by atoms with Gasteiger partial charge in [-0.3, -0.25) is 4.79 Å². The van der Waals surface area contributed by atoms with Crippen molar-refractivity contribution in [3.63, 3.8) is 0 Å². The molecule has 2 fully saturated rings. The molecule has 5 atom stereocenters. The Kier molecular flexibility index (Phi) is 3.97. The molecule has 0 aliphatic heterocycles. The van der Waals surface area contributed by atoms with Gasteiger partial charge in [0.2, 0.25) is 0 Å². The minimum absolute atomic E-state index is 0.0783. The molecule has 0 saturated heterocycles. The first-order valence-electron chi connectivity index (χ1n) is 8.95. The number of carbonyl (C=O) groups is 1. The van der Waals surface area contributed by atoms with Gasteiger partial charge in [0.15, 0.2) is 0 Å². The van der Waals surface area contributed by atoms with Crippen LogP contribution in [0, 0.1) is 28.1 Å². The molecule has 0 radical (unpaired) electrons. The summed E-state index contributed by atoms with van der Waals surface area (Å²) < 4.78 is 12.7. The van der Waals surface area contributed by atoms with Gasteiger partial charge in [-0.25, -0.2) is 4.39 Å². The molecular weight excluding hydrogens is 291 g/mol. The highest BCUT2D eigenvalue weighted by Crippen LogP contribution is 2.63. The lowest BCUT2D eigenvalue weighted by Crippen LogP contribution is -2.53. The summed E-state index contributed by atoms with van der Waals surface area (Å²) in [6, 6.07) is 0. The highest BCUT2D eigenvalue weighted by Gasteiger charge is 2.58. The van der Waals surface area contributed by atoms with E-state index in [4.69, 9.17) is 0 Å². The summed E-state index contributed by atoms with van der Waals surface area (Å²) in [5.74, 6) is 0.0590. The fourth-order valence-electron chi connectivity index (χ4n) is 5.98. The summed E-state index contributed by atoms with van der Waals surface area (Å²) in [6.07, 6.45) is 11.4. The summed E-state index contributed by atoms with van der Waals surface area (Å²) >= 11 is 0. The van der Waals surface area contributed by atoms with Crippen molar-refractivity contribution in [2.75, 3.05) is 0 Å². The Labute approximate surface area is 138 Å². The van der Waals surface area contributed by atoms with Gasteiger partial charge >= 0.3 is 5.97 Å². The maximum absolute atomic E-state index is 12.7. The first kappa shape index (κ1) is 16.7. The van der Waals surface area contributed by atoms with Gasteiger partial charge in [0, 0.05) is 0 Å². The fourth-order valence-corrected chi connectivity index (χ4v) is 5.98. The Morgan fingerprint density at radius 1 is 1.30 bits per heavy atom. The monoisotopic (exact) mass is 320 g/mol. The lowest BCUT2D eigenvalue weighted by Gasteiger charge is -2.58. The van der Waals surface area contributed by atoms with E-state index in [9.17, 15) is 14.3 Å². The van der Waals surface area contributed by atoms with Gasteiger partial charge in [-0.1, -0.05) is 31.9 Å². The van der Waals surface area contributed by atoms with E-state index < -0.39 is 11.4 Å². The number of fused-ring (bicyclic) bond motifs is 3. The van der Waals surface area contributed by atoms with E-state index in [-0.39, 0.29) is 16.7 Å². The van der Waals surface area contributed by atoms with Gasteiger partial charge in [0.25, 0.3) is 0 Å². The van der Waals surface area contributed by atoms with Crippen LogP contribution in [0.25, 0.3) is 0 Å². The molecule has 23 heavy (non-hydrogen) atoms. The maximum Gasteiger partial charge on any atom is 0.309 e. The largest absolute Gasteiger partial charge is 0.481 e. The predicted molar refractivity (Wildman–Crippen MR) is 89.6 cm³/mol. The maximum atomic E-state index is 12.7. The number of hydrogen-bond acceptors (Lipinski definition) is 1. The molecule has 128 valence electrons. The van der Waals surface area contributed by atoms with E-state index in [0.29, 0.717) is 12.2 Å². The van der Waals surface area contributed by atoms with E-state index in [0.717, 1.165) is 44.9 Å². The van der Waals surface area contributed by atoms with E-state index in [1.54, 1.807) is 6.08 Å². The molecule has 0 bridgehead atoms. The minimum atomic E-state index is -0.633. The average molecular weight is 320 g/mol. The van der Waals surface area contributed by atoms with E-state index in [1.807, 2.05) is 6.92 Å². The molecule has 2 nitrogen and oxygen atoms in total. The highest BCUT2D eigenvalue weighted by molar-refractivity contribution is 5.75. The second kappa shape index (κ2) is 5.46. The fraction of sp³-hybridized carbons (Fsp3) is 0.750. The normalized spacial score (nSPS) is 46.9. The molecule has 0 heterocycles. The summed E-state index contributed by atoms with van der Waals surface area (Å²) in [5.41, 5.74) is 0.848. The molecule has 0 unspecified atom stereocenters. The van der Waals surface area contributed by atoms with Gasteiger partial charge in [-0.2, -0.15) is 0 Å². The SMILES string of the molecule is C[C@]1(C=CF)CC[C@H]2C(=CC[C@@H]3[C@]2(C)CCC[C@@]3(C)C(=O)O)C1. The van der Waals surface area contributed by atoms with Crippen molar-refractivity contribution >= 4 is 5.97 Å². The van der Waals surface area contributed by atoms with Crippen molar-refractivity contribution in [3.8, 4) is 0 Å². The second-order valence-electron chi connectivity index (χ2n) is 8.86. The summed E-state index contributed by atoms with van der Waals surface area (Å²) in [7, 11) is 0. The van der Waals surface area contributed by atoms with Crippen molar-refractivity contribution in [2.45, 2.75) is 65.7 Å². The van der Waals surface area contributed by atoms with Crippen LogP contribution < -0.4 is 0 Å². The molecule has 1 N–H and O–H groups in total. The number of aliphatic carboxylic acids is 1. The number of allylic oxidation sites excluding steroid dienone is 3. The number of carboxylic acid groups (broad SMARTS) is 1. The number of halogens is 1. The topological polar surface area (TPSA) is 37.3 Å². The number of rotatable bonds is 2. The van der Waals surface area contributed by atoms with Crippen LogP contribution in [0.15, 0.2) is 24.1 Å². The lowest BCUT2D eigenvalue weighted by atomic mass is 9.45. The van der Waals surface area contributed by atoms with Crippen LogP contribution in [0.4, 0.5) is 4.39 Å². The zero-order chi connectivity index (χ0) is 16.9. The van der Waals surface area contributed by atoms with Gasteiger partial charge in [-0.05, 0) is 74.2 Å². The van der Waals surface area contributed by atoms with Gasteiger partial charge in [0.05, 0.1) is 11.7 Å². The van der Waals surface area contributed by atoms with Crippen LogP contribution in [0.2, 0.25) is 0 Å². The molecule has 2 saturated carbocycles. The third kappa shape index (κ3) is 2.47. The van der Waals surface area contributed by atoms with Crippen LogP contribution in [0.1, 0.15) is 65.7 Å². The quantitative estimate of drug-likeness (QED) is 0.682. The highest BCUT2D eigenvalue weighted by atomic mass is 19.1. The average Bonchev–Trinajstić information content (AvgIpc) is 2.46. The zero-order valence-corrected chi connectivity index (χ0v) is 14.6. The molecule has 3 aliphatic rings. The van der Waals surface area contributed by atoms with Gasteiger partial charge in [-0.15, -0.1) is 0 Å². The van der Waals surface area contributed by atoms with Crippen LogP contribution in [0.5, 0.6) is 0 Å². The van der Waals surface area contributed by atoms with Crippen molar-refractivity contribution < 1.29 is 14.3 Å². The van der Waals surface area contributed by atoms with Crippen LogP contribution in [0.3, 0.4) is 0 Å². The molecule has 0 aromatic rings. The molecule has 0 amide bonds. The van der Waals surface area contributed by atoms with Crippen molar-refractivity contribution in [1.29, 1.82) is 0 Å². The number of carboxylic acids is 1. The molecule has 3 aliphatic carbocycles. The van der Waals surface area contributed by atoms with E-state index in [1.165, 1.54) is 5.57 Å². The minimum Gasteiger partial charge on any atom is -0.481 e. The molecule has 0 spiro atoms.